The van der Waals surface area contributed by atoms with E-state index in [1.165, 1.54) is 43.2 Å². The topological polar surface area (TPSA) is 34.1 Å². The van der Waals surface area contributed by atoms with Crippen LogP contribution in [0.15, 0.2) is 12.1 Å². The molecule has 27 heavy (non-hydrogen) atoms. The fourth-order valence-electron chi connectivity index (χ4n) is 5.30. The maximum atomic E-state index is 12.2. The van der Waals surface area contributed by atoms with E-state index in [1.807, 2.05) is 0 Å². The standard InChI is InChI=1S/C24H38O2S/c1-16(2)27(25,26)15-21-9-6-20(7-10-21)8-11-22-12-18(4)24-19(5)17(3)13-23(24)14-22/h12,14,16-17,19-21H,6-11,13,15H2,1-5H3. The monoisotopic (exact) mass is 390 g/mol. The van der Waals surface area contributed by atoms with Gasteiger partial charge in [0, 0.05) is 0 Å². The molecule has 2 aliphatic carbocycles. The zero-order valence-corrected chi connectivity index (χ0v) is 18.7. The van der Waals surface area contributed by atoms with Gasteiger partial charge in [-0.25, -0.2) is 8.42 Å². The molecule has 1 aromatic rings. The van der Waals surface area contributed by atoms with Crippen LogP contribution in [0, 0.1) is 24.7 Å². The number of fused-ring (bicyclic) bond motifs is 1. The highest BCUT2D eigenvalue weighted by atomic mass is 32.2. The summed E-state index contributed by atoms with van der Waals surface area (Å²) in [5.41, 5.74) is 6.20. The van der Waals surface area contributed by atoms with Crippen molar-refractivity contribution in [3.05, 3.63) is 34.4 Å². The van der Waals surface area contributed by atoms with E-state index in [4.69, 9.17) is 0 Å². The van der Waals surface area contributed by atoms with Gasteiger partial charge >= 0.3 is 0 Å². The molecule has 2 atom stereocenters. The Hall–Kier alpha value is -0.830. The molecule has 0 aliphatic heterocycles. The first-order chi connectivity index (χ1) is 12.7. The van der Waals surface area contributed by atoms with E-state index < -0.39 is 9.84 Å². The summed E-state index contributed by atoms with van der Waals surface area (Å²) < 4.78 is 24.3. The second-order valence-electron chi connectivity index (χ2n) is 9.76. The Bertz CT molecular complexity index is 755. The zero-order chi connectivity index (χ0) is 19.8. The van der Waals surface area contributed by atoms with Crippen LogP contribution in [0.1, 0.15) is 88.0 Å². The summed E-state index contributed by atoms with van der Waals surface area (Å²) in [6, 6.07) is 4.90. The Morgan fingerprint density at radius 1 is 1.04 bits per heavy atom. The summed E-state index contributed by atoms with van der Waals surface area (Å²) in [6.45, 7) is 10.7. The van der Waals surface area contributed by atoms with Gasteiger partial charge in [-0.3, -0.25) is 0 Å². The van der Waals surface area contributed by atoms with Crippen molar-refractivity contribution in [1.29, 1.82) is 0 Å². The number of hydrogen-bond donors (Lipinski definition) is 0. The average molecular weight is 391 g/mol. The van der Waals surface area contributed by atoms with Gasteiger partial charge in [0.15, 0.2) is 9.84 Å². The minimum Gasteiger partial charge on any atom is -0.229 e. The van der Waals surface area contributed by atoms with Crippen LogP contribution in [0.2, 0.25) is 0 Å². The smallest absolute Gasteiger partial charge is 0.152 e. The first-order valence-corrected chi connectivity index (χ1v) is 12.7. The Morgan fingerprint density at radius 3 is 2.30 bits per heavy atom. The van der Waals surface area contributed by atoms with E-state index >= 15 is 0 Å². The highest BCUT2D eigenvalue weighted by molar-refractivity contribution is 7.91. The lowest BCUT2D eigenvalue weighted by Crippen LogP contribution is -2.26. The van der Waals surface area contributed by atoms with Gasteiger partial charge < -0.3 is 0 Å². The lowest BCUT2D eigenvalue weighted by atomic mass is 9.80. The van der Waals surface area contributed by atoms with E-state index in [-0.39, 0.29) is 5.25 Å². The zero-order valence-electron chi connectivity index (χ0n) is 17.9. The molecular formula is C24H38O2S. The quantitative estimate of drug-likeness (QED) is 0.610. The minimum absolute atomic E-state index is 0.233. The molecule has 152 valence electrons. The molecule has 0 N–H and O–H groups in total. The number of hydrogen-bond acceptors (Lipinski definition) is 2. The second-order valence-corrected chi connectivity index (χ2v) is 12.4. The predicted octanol–water partition coefficient (Wildman–Crippen LogP) is 5.85. The highest BCUT2D eigenvalue weighted by Gasteiger charge is 2.29. The Kier molecular flexibility index (Phi) is 6.40. The third-order valence-electron chi connectivity index (χ3n) is 7.38. The van der Waals surface area contributed by atoms with Gasteiger partial charge in [0.05, 0.1) is 11.0 Å². The third-order valence-corrected chi connectivity index (χ3v) is 9.75. The molecule has 0 saturated heterocycles. The summed E-state index contributed by atoms with van der Waals surface area (Å²) in [4.78, 5) is 0. The van der Waals surface area contributed by atoms with E-state index in [9.17, 15) is 8.42 Å². The first kappa shape index (κ1) is 20.9. The normalized spacial score (nSPS) is 28.5. The van der Waals surface area contributed by atoms with Gasteiger partial charge in [-0.1, -0.05) is 38.8 Å². The summed E-state index contributed by atoms with van der Waals surface area (Å²) in [6.07, 6.45) is 8.26. The van der Waals surface area contributed by atoms with E-state index in [2.05, 4.69) is 32.9 Å². The molecule has 2 aliphatic rings. The molecule has 0 heterocycles. The summed E-state index contributed by atoms with van der Waals surface area (Å²) in [7, 11) is -2.89. The van der Waals surface area contributed by atoms with Crippen molar-refractivity contribution in [2.75, 3.05) is 5.75 Å². The van der Waals surface area contributed by atoms with Crippen LogP contribution in [-0.2, 0) is 22.7 Å². The predicted molar refractivity (Wildman–Crippen MR) is 115 cm³/mol. The fraction of sp³-hybridized carbons (Fsp3) is 0.750. The minimum atomic E-state index is -2.89. The molecule has 0 aromatic heterocycles. The van der Waals surface area contributed by atoms with Crippen LogP contribution in [0.4, 0.5) is 0 Å². The number of aryl methyl sites for hydroxylation is 2. The molecule has 0 radical (unpaired) electrons. The number of sulfone groups is 1. The van der Waals surface area contributed by atoms with Crippen LogP contribution in [0.3, 0.4) is 0 Å². The van der Waals surface area contributed by atoms with Gasteiger partial charge in [-0.2, -0.15) is 0 Å². The maximum absolute atomic E-state index is 12.2. The summed E-state index contributed by atoms with van der Waals surface area (Å²) in [5, 5.41) is -0.233. The van der Waals surface area contributed by atoms with Crippen molar-refractivity contribution in [2.24, 2.45) is 17.8 Å². The molecule has 1 saturated carbocycles. The molecule has 0 spiro atoms. The SMILES string of the molecule is Cc1cc(CCC2CCC(CS(=O)(=O)C(C)C)CC2)cc2c1C(C)C(C)C2. The molecule has 2 nitrogen and oxygen atoms in total. The summed E-state index contributed by atoms with van der Waals surface area (Å²) in [5.74, 6) is 3.03. The molecule has 0 amide bonds. The molecule has 3 rings (SSSR count). The lowest BCUT2D eigenvalue weighted by Gasteiger charge is -2.29. The van der Waals surface area contributed by atoms with Crippen molar-refractivity contribution in [2.45, 2.75) is 90.7 Å². The first-order valence-electron chi connectivity index (χ1n) is 11.0. The van der Waals surface area contributed by atoms with Crippen molar-refractivity contribution in [3.63, 3.8) is 0 Å². The van der Waals surface area contributed by atoms with E-state index in [0.29, 0.717) is 17.6 Å². The third kappa shape index (κ3) is 4.78. The molecule has 1 fully saturated rings. The van der Waals surface area contributed by atoms with Crippen LogP contribution >= 0.6 is 0 Å². The number of benzene rings is 1. The highest BCUT2D eigenvalue weighted by Crippen LogP contribution is 2.40. The van der Waals surface area contributed by atoms with E-state index in [1.54, 1.807) is 25.0 Å². The Morgan fingerprint density at radius 2 is 1.67 bits per heavy atom. The molecule has 1 aromatic carbocycles. The van der Waals surface area contributed by atoms with Gasteiger partial charge in [0.2, 0.25) is 0 Å². The second kappa shape index (κ2) is 8.27. The van der Waals surface area contributed by atoms with Gasteiger partial charge in [0.25, 0.3) is 0 Å². The van der Waals surface area contributed by atoms with Crippen molar-refractivity contribution in [1.82, 2.24) is 0 Å². The largest absolute Gasteiger partial charge is 0.229 e. The van der Waals surface area contributed by atoms with Crippen LogP contribution in [0.25, 0.3) is 0 Å². The van der Waals surface area contributed by atoms with Crippen LogP contribution in [-0.4, -0.2) is 19.4 Å². The molecule has 0 bridgehead atoms. The van der Waals surface area contributed by atoms with Crippen molar-refractivity contribution >= 4 is 9.84 Å². The lowest BCUT2D eigenvalue weighted by molar-refractivity contribution is 0.278. The van der Waals surface area contributed by atoms with E-state index in [0.717, 1.165) is 24.7 Å². The summed E-state index contributed by atoms with van der Waals surface area (Å²) >= 11 is 0. The molecular weight excluding hydrogens is 352 g/mol. The Labute approximate surface area is 167 Å². The van der Waals surface area contributed by atoms with Crippen LogP contribution < -0.4 is 0 Å². The number of rotatable bonds is 6. The Balaban J connectivity index is 1.51. The van der Waals surface area contributed by atoms with Crippen molar-refractivity contribution in [3.8, 4) is 0 Å². The van der Waals surface area contributed by atoms with Gasteiger partial charge in [-0.05, 0) is 98.8 Å². The molecule has 2 unspecified atom stereocenters. The molecule has 3 heteroatoms. The van der Waals surface area contributed by atoms with Crippen LogP contribution in [0.5, 0.6) is 0 Å². The average Bonchev–Trinajstić information content (AvgIpc) is 2.88. The maximum Gasteiger partial charge on any atom is 0.152 e. The van der Waals surface area contributed by atoms with Crippen molar-refractivity contribution < 1.29 is 8.42 Å². The van der Waals surface area contributed by atoms with Gasteiger partial charge in [0.1, 0.15) is 0 Å². The van der Waals surface area contributed by atoms with Gasteiger partial charge in [-0.15, -0.1) is 0 Å². The fourth-order valence-corrected chi connectivity index (χ4v) is 6.68.